The second kappa shape index (κ2) is 14.9. The highest BCUT2D eigenvalue weighted by molar-refractivity contribution is 6.39. The van der Waals surface area contributed by atoms with Gasteiger partial charge in [0.2, 0.25) is 0 Å². The van der Waals surface area contributed by atoms with Crippen LogP contribution in [0.5, 0.6) is 23.0 Å². The molecule has 0 atom stereocenters. The topological polar surface area (TPSA) is 132 Å². The third-order valence-corrected chi connectivity index (χ3v) is 6.78. The molecule has 0 spiro atoms. The minimum absolute atomic E-state index is 0.209. The summed E-state index contributed by atoms with van der Waals surface area (Å²) in [7, 11) is 0. The van der Waals surface area contributed by atoms with Crippen LogP contribution in [-0.2, 0) is 14.4 Å². The van der Waals surface area contributed by atoms with Gasteiger partial charge in [-0.15, -0.1) is 0 Å². The van der Waals surface area contributed by atoms with E-state index >= 15 is 0 Å². The summed E-state index contributed by atoms with van der Waals surface area (Å²) in [5.74, 6) is -0.534. The van der Waals surface area contributed by atoms with Crippen molar-refractivity contribution in [2.24, 2.45) is 0 Å². The van der Waals surface area contributed by atoms with Gasteiger partial charge in [-0.2, -0.15) is 0 Å². The van der Waals surface area contributed by atoms with Crippen molar-refractivity contribution in [3.8, 4) is 23.0 Å². The van der Waals surface area contributed by atoms with E-state index in [1.807, 2.05) is 45.9 Å². The van der Waals surface area contributed by atoms with Crippen molar-refractivity contribution in [2.45, 2.75) is 41.0 Å². The van der Waals surface area contributed by atoms with Crippen LogP contribution in [0.15, 0.2) is 60.2 Å². The molecule has 0 radical (unpaired) electrons. The minimum atomic E-state index is -0.885. The highest BCUT2D eigenvalue weighted by Gasteiger charge is 2.37. The Kier molecular flexibility index (Phi) is 10.8. The molecule has 0 bridgehead atoms. The Balaban J connectivity index is 1.54. The van der Waals surface area contributed by atoms with E-state index in [9.17, 15) is 19.2 Å². The average Bonchev–Trinajstić information content (AvgIpc) is 3.00. The van der Waals surface area contributed by atoms with Gasteiger partial charge in [-0.3, -0.25) is 19.7 Å². The maximum Gasteiger partial charge on any atom is 0.335 e. The molecule has 1 fully saturated rings. The highest BCUT2D eigenvalue weighted by atomic mass is 16.5. The largest absolute Gasteiger partial charge is 0.490 e. The van der Waals surface area contributed by atoms with E-state index in [0.29, 0.717) is 54.1 Å². The van der Waals surface area contributed by atoms with E-state index in [0.717, 1.165) is 22.4 Å². The number of barbiturate groups is 1. The Bertz CT molecular complexity index is 1630. The van der Waals surface area contributed by atoms with Gasteiger partial charge in [-0.1, -0.05) is 19.1 Å². The standard InChI is InChI=1S/C34H37N3O8/c1-6-15-44-27-14-12-25(19-30(27)43-8-3)37-33(40)26(32(39)36-34(37)41)17-23-10-13-28(29(18-23)42-7-2)45-20-31(38)35-24-11-9-21(4)22(5)16-24/h9-14,16-19H,6-8,15,20H2,1-5H3,(H,35,38)(H,36,39,41)/b26-17+. The highest BCUT2D eigenvalue weighted by Crippen LogP contribution is 2.34. The molecule has 0 unspecified atom stereocenters. The van der Waals surface area contributed by atoms with Crippen molar-refractivity contribution < 1.29 is 38.1 Å². The first-order chi connectivity index (χ1) is 21.6. The van der Waals surface area contributed by atoms with Gasteiger partial charge >= 0.3 is 6.03 Å². The zero-order chi connectivity index (χ0) is 32.5. The lowest BCUT2D eigenvalue weighted by atomic mass is 10.1. The number of amides is 5. The third kappa shape index (κ3) is 7.99. The van der Waals surface area contributed by atoms with Crippen LogP contribution >= 0.6 is 0 Å². The molecule has 1 saturated heterocycles. The van der Waals surface area contributed by atoms with Gasteiger partial charge in [0.1, 0.15) is 5.57 Å². The molecule has 11 heteroatoms. The fourth-order valence-electron chi connectivity index (χ4n) is 4.46. The van der Waals surface area contributed by atoms with Gasteiger partial charge in [0.05, 0.1) is 25.5 Å². The number of carbonyl (C=O) groups excluding carboxylic acids is 4. The quantitative estimate of drug-likeness (QED) is 0.188. The smallest absolute Gasteiger partial charge is 0.335 e. The van der Waals surface area contributed by atoms with Crippen molar-refractivity contribution in [2.75, 3.05) is 36.6 Å². The number of carbonyl (C=O) groups is 4. The molecule has 0 aliphatic carbocycles. The Labute approximate surface area is 262 Å². The van der Waals surface area contributed by atoms with Gasteiger partial charge in [0.25, 0.3) is 17.7 Å². The number of nitrogens with one attached hydrogen (secondary N) is 2. The summed E-state index contributed by atoms with van der Waals surface area (Å²) in [6.07, 6.45) is 2.15. The zero-order valence-electron chi connectivity index (χ0n) is 26.0. The number of hydrogen-bond donors (Lipinski definition) is 2. The molecular formula is C34H37N3O8. The van der Waals surface area contributed by atoms with Crippen LogP contribution in [-0.4, -0.2) is 50.2 Å². The summed E-state index contributed by atoms with van der Waals surface area (Å²) in [5, 5.41) is 5.03. The Morgan fingerprint density at radius 1 is 0.800 bits per heavy atom. The van der Waals surface area contributed by atoms with Crippen LogP contribution in [0.25, 0.3) is 6.08 Å². The maximum atomic E-state index is 13.5. The normalized spacial score (nSPS) is 13.8. The summed E-state index contributed by atoms with van der Waals surface area (Å²) in [6, 6.07) is 14.2. The Hall–Kier alpha value is -5.32. The van der Waals surface area contributed by atoms with Gasteiger partial charge in [-0.25, -0.2) is 9.69 Å². The fourth-order valence-corrected chi connectivity index (χ4v) is 4.46. The first kappa shape index (κ1) is 32.6. The van der Waals surface area contributed by atoms with Crippen molar-refractivity contribution >= 4 is 41.2 Å². The number of benzene rings is 3. The zero-order valence-corrected chi connectivity index (χ0v) is 26.0. The average molecular weight is 616 g/mol. The van der Waals surface area contributed by atoms with Gasteiger partial charge in [0.15, 0.2) is 29.6 Å². The first-order valence-corrected chi connectivity index (χ1v) is 14.7. The number of imide groups is 2. The lowest BCUT2D eigenvalue weighted by Gasteiger charge is -2.27. The number of rotatable bonds is 13. The molecule has 236 valence electrons. The number of hydrogen-bond acceptors (Lipinski definition) is 8. The second-order valence-electron chi connectivity index (χ2n) is 10.1. The van der Waals surface area contributed by atoms with E-state index < -0.39 is 17.8 Å². The molecule has 1 aliphatic rings. The van der Waals surface area contributed by atoms with Crippen LogP contribution in [0.2, 0.25) is 0 Å². The van der Waals surface area contributed by atoms with Crippen molar-refractivity contribution in [1.82, 2.24) is 5.32 Å². The van der Waals surface area contributed by atoms with E-state index in [1.165, 1.54) is 12.1 Å². The summed E-state index contributed by atoms with van der Waals surface area (Å²) in [4.78, 5) is 52.5. The van der Waals surface area contributed by atoms with E-state index in [4.69, 9.17) is 18.9 Å². The predicted octanol–water partition coefficient (Wildman–Crippen LogP) is 5.57. The van der Waals surface area contributed by atoms with Crippen molar-refractivity contribution in [3.63, 3.8) is 0 Å². The number of anilines is 2. The summed E-state index contributed by atoms with van der Waals surface area (Å²) in [5.41, 5.74) is 3.23. The molecule has 3 aromatic rings. The molecule has 0 saturated carbocycles. The molecule has 1 aliphatic heterocycles. The fraction of sp³-hybridized carbons (Fsp3) is 0.294. The third-order valence-electron chi connectivity index (χ3n) is 6.78. The number of ether oxygens (including phenoxy) is 4. The molecule has 11 nitrogen and oxygen atoms in total. The SMILES string of the molecule is CCCOc1ccc(N2C(=O)NC(=O)/C(=C\c3ccc(OCC(=O)Nc4ccc(C)c(C)c4)c(OCC)c3)C2=O)cc1OCC. The van der Waals surface area contributed by atoms with Crippen molar-refractivity contribution in [1.29, 1.82) is 0 Å². The molecule has 3 aromatic carbocycles. The van der Waals surface area contributed by atoms with Crippen LogP contribution in [0.1, 0.15) is 43.9 Å². The summed E-state index contributed by atoms with van der Waals surface area (Å²) >= 11 is 0. The van der Waals surface area contributed by atoms with E-state index in [1.54, 1.807) is 37.3 Å². The maximum absolute atomic E-state index is 13.5. The summed E-state index contributed by atoms with van der Waals surface area (Å²) in [6.45, 7) is 10.4. The first-order valence-electron chi connectivity index (χ1n) is 14.7. The monoisotopic (exact) mass is 615 g/mol. The van der Waals surface area contributed by atoms with Crippen LogP contribution in [0.4, 0.5) is 16.2 Å². The van der Waals surface area contributed by atoms with E-state index in [-0.39, 0.29) is 23.8 Å². The molecule has 5 amide bonds. The van der Waals surface area contributed by atoms with Crippen LogP contribution < -0.4 is 34.5 Å². The Morgan fingerprint density at radius 2 is 1.49 bits per heavy atom. The number of nitrogens with zero attached hydrogens (tertiary/aromatic N) is 1. The lowest BCUT2D eigenvalue weighted by molar-refractivity contribution is -0.122. The molecule has 0 aromatic heterocycles. The van der Waals surface area contributed by atoms with E-state index in [2.05, 4.69) is 10.6 Å². The second-order valence-corrected chi connectivity index (χ2v) is 10.1. The molecule has 2 N–H and O–H groups in total. The summed E-state index contributed by atoms with van der Waals surface area (Å²) < 4.78 is 22.9. The van der Waals surface area contributed by atoms with Gasteiger partial charge < -0.3 is 24.3 Å². The lowest BCUT2D eigenvalue weighted by Crippen LogP contribution is -2.54. The number of urea groups is 1. The van der Waals surface area contributed by atoms with Gasteiger partial charge in [-0.05, 0) is 93.3 Å². The molecule has 45 heavy (non-hydrogen) atoms. The molecule has 1 heterocycles. The number of aryl methyl sites for hydroxylation is 2. The van der Waals surface area contributed by atoms with Gasteiger partial charge in [0, 0.05) is 11.8 Å². The predicted molar refractivity (Wildman–Crippen MR) is 170 cm³/mol. The van der Waals surface area contributed by atoms with Crippen molar-refractivity contribution in [3.05, 3.63) is 76.9 Å². The molecule has 4 rings (SSSR count). The molecular weight excluding hydrogens is 578 g/mol. The van der Waals surface area contributed by atoms with Crippen LogP contribution in [0, 0.1) is 13.8 Å². The minimum Gasteiger partial charge on any atom is -0.490 e. The Morgan fingerprint density at radius 3 is 2.18 bits per heavy atom. The van der Waals surface area contributed by atoms with Crippen LogP contribution in [0.3, 0.4) is 0 Å².